The predicted octanol–water partition coefficient (Wildman–Crippen LogP) is 2.49. The standard InChI is InChI=1S/C22H27N9O/c1-4-23-22(25-10-9-24-19-18-12-29-31(3)20(18)28-14-27-19)26-11-17-13-32-21(30-17)16-7-5-15(2)6-8-16/h5-8,12-14H,4,9-11H2,1-3H3,(H2,23,25,26)(H,24,27,28). The first-order valence-electron chi connectivity index (χ1n) is 10.5. The number of rotatable bonds is 8. The van der Waals surface area contributed by atoms with Gasteiger partial charge in [-0.25, -0.2) is 19.9 Å². The quantitative estimate of drug-likeness (QED) is 0.220. The molecule has 0 amide bonds. The Morgan fingerprint density at radius 3 is 2.78 bits per heavy atom. The molecule has 0 aliphatic heterocycles. The molecule has 3 aromatic heterocycles. The van der Waals surface area contributed by atoms with E-state index in [9.17, 15) is 0 Å². The van der Waals surface area contributed by atoms with E-state index in [4.69, 9.17) is 4.42 Å². The summed E-state index contributed by atoms with van der Waals surface area (Å²) in [5, 5.41) is 15.0. The lowest BCUT2D eigenvalue weighted by atomic mass is 10.1. The highest BCUT2D eigenvalue weighted by Crippen LogP contribution is 2.19. The molecule has 10 nitrogen and oxygen atoms in total. The van der Waals surface area contributed by atoms with Crippen molar-refractivity contribution in [2.24, 2.45) is 12.0 Å². The van der Waals surface area contributed by atoms with Crippen LogP contribution in [0.2, 0.25) is 0 Å². The van der Waals surface area contributed by atoms with Gasteiger partial charge in [0.05, 0.1) is 18.1 Å². The van der Waals surface area contributed by atoms with Crippen LogP contribution in [0.5, 0.6) is 0 Å². The monoisotopic (exact) mass is 433 g/mol. The van der Waals surface area contributed by atoms with E-state index in [-0.39, 0.29) is 0 Å². The fraction of sp³-hybridized carbons (Fsp3) is 0.318. The molecule has 0 spiro atoms. The van der Waals surface area contributed by atoms with Crippen molar-refractivity contribution in [1.82, 2.24) is 35.4 Å². The van der Waals surface area contributed by atoms with Crippen LogP contribution in [0, 0.1) is 6.92 Å². The molecule has 0 fully saturated rings. The van der Waals surface area contributed by atoms with Crippen LogP contribution in [0.15, 0.2) is 52.5 Å². The number of nitrogens with zero attached hydrogens (tertiary/aromatic N) is 6. The van der Waals surface area contributed by atoms with Crippen LogP contribution < -0.4 is 16.0 Å². The highest BCUT2D eigenvalue weighted by molar-refractivity contribution is 5.86. The molecule has 0 radical (unpaired) electrons. The van der Waals surface area contributed by atoms with Crippen molar-refractivity contribution in [2.45, 2.75) is 20.4 Å². The Morgan fingerprint density at radius 2 is 1.97 bits per heavy atom. The Balaban J connectivity index is 1.32. The molecule has 166 valence electrons. The SMILES string of the molecule is CCNC(=NCc1coc(-c2ccc(C)cc2)n1)NCCNc1ncnc2c1cnn2C. The van der Waals surface area contributed by atoms with Gasteiger partial charge in [0.2, 0.25) is 5.89 Å². The Morgan fingerprint density at radius 1 is 1.12 bits per heavy atom. The molecule has 0 saturated heterocycles. The Labute approximate surface area is 186 Å². The number of anilines is 1. The minimum Gasteiger partial charge on any atom is -0.444 e. The molecule has 32 heavy (non-hydrogen) atoms. The van der Waals surface area contributed by atoms with E-state index < -0.39 is 0 Å². The number of oxazole rings is 1. The Hall–Kier alpha value is -3.95. The fourth-order valence-electron chi connectivity index (χ4n) is 3.17. The van der Waals surface area contributed by atoms with Crippen molar-refractivity contribution < 1.29 is 4.42 Å². The van der Waals surface area contributed by atoms with E-state index in [2.05, 4.69) is 47.9 Å². The van der Waals surface area contributed by atoms with Crippen LogP contribution in [-0.4, -0.2) is 50.3 Å². The summed E-state index contributed by atoms with van der Waals surface area (Å²) < 4.78 is 7.34. The minimum absolute atomic E-state index is 0.417. The largest absolute Gasteiger partial charge is 0.444 e. The molecule has 0 unspecified atom stereocenters. The summed E-state index contributed by atoms with van der Waals surface area (Å²) in [6.07, 6.45) is 4.95. The normalized spacial score (nSPS) is 11.7. The van der Waals surface area contributed by atoms with Crippen LogP contribution >= 0.6 is 0 Å². The molecule has 0 aliphatic rings. The predicted molar refractivity (Wildman–Crippen MR) is 124 cm³/mol. The molecule has 0 bridgehead atoms. The van der Waals surface area contributed by atoms with Crippen molar-refractivity contribution >= 4 is 22.8 Å². The molecule has 0 atom stereocenters. The van der Waals surface area contributed by atoms with Crippen LogP contribution in [0.4, 0.5) is 5.82 Å². The highest BCUT2D eigenvalue weighted by Gasteiger charge is 2.08. The number of guanidine groups is 1. The van der Waals surface area contributed by atoms with Gasteiger partial charge in [0, 0.05) is 32.2 Å². The highest BCUT2D eigenvalue weighted by atomic mass is 16.3. The lowest BCUT2D eigenvalue weighted by molar-refractivity contribution is 0.572. The van der Waals surface area contributed by atoms with Crippen LogP contribution in [0.25, 0.3) is 22.5 Å². The van der Waals surface area contributed by atoms with Crippen molar-refractivity contribution in [3.63, 3.8) is 0 Å². The molecule has 0 aliphatic carbocycles. The summed E-state index contributed by atoms with van der Waals surface area (Å²) in [7, 11) is 1.86. The summed E-state index contributed by atoms with van der Waals surface area (Å²) >= 11 is 0. The van der Waals surface area contributed by atoms with E-state index in [0.717, 1.165) is 34.7 Å². The van der Waals surface area contributed by atoms with Crippen molar-refractivity contribution in [3.05, 3.63) is 54.3 Å². The lowest BCUT2D eigenvalue weighted by Gasteiger charge is -2.12. The molecule has 3 heterocycles. The minimum atomic E-state index is 0.417. The van der Waals surface area contributed by atoms with Crippen LogP contribution in [0.1, 0.15) is 18.2 Å². The number of nitrogens with one attached hydrogen (secondary N) is 3. The molecule has 3 N–H and O–H groups in total. The number of hydrogen-bond donors (Lipinski definition) is 3. The van der Waals surface area contributed by atoms with Crippen molar-refractivity contribution in [1.29, 1.82) is 0 Å². The first kappa shape index (κ1) is 21.3. The first-order valence-corrected chi connectivity index (χ1v) is 10.5. The van der Waals surface area contributed by atoms with Gasteiger partial charge in [-0.3, -0.25) is 4.68 Å². The van der Waals surface area contributed by atoms with Gasteiger partial charge < -0.3 is 20.4 Å². The first-order chi connectivity index (χ1) is 15.6. The number of aliphatic imine (C=N–C) groups is 1. The third-order valence-electron chi connectivity index (χ3n) is 4.83. The topological polar surface area (TPSA) is 118 Å². The van der Waals surface area contributed by atoms with E-state index in [1.165, 1.54) is 11.9 Å². The number of aryl methyl sites for hydroxylation is 2. The van der Waals surface area contributed by atoms with Gasteiger partial charge in [-0.05, 0) is 26.0 Å². The molecule has 1 aromatic carbocycles. The molecular weight excluding hydrogens is 406 g/mol. The van der Waals surface area contributed by atoms with E-state index >= 15 is 0 Å². The zero-order valence-corrected chi connectivity index (χ0v) is 18.5. The van der Waals surface area contributed by atoms with Gasteiger partial charge in [0.25, 0.3) is 0 Å². The van der Waals surface area contributed by atoms with Gasteiger partial charge in [0.1, 0.15) is 24.1 Å². The summed E-state index contributed by atoms with van der Waals surface area (Å²) in [6, 6.07) is 8.09. The van der Waals surface area contributed by atoms with Gasteiger partial charge in [0.15, 0.2) is 11.6 Å². The second-order valence-corrected chi connectivity index (χ2v) is 7.29. The zero-order chi connectivity index (χ0) is 22.3. The van der Waals surface area contributed by atoms with E-state index in [1.807, 2.05) is 38.2 Å². The average Bonchev–Trinajstić information content (AvgIpc) is 3.43. The number of hydrogen-bond acceptors (Lipinski definition) is 7. The maximum Gasteiger partial charge on any atom is 0.226 e. The number of fused-ring (bicyclic) bond motifs is 1. The van der Waals surface area contributed by atoms with Gasteiger partial charge >= 0.3 is 0 Å². The molecule has 4 rings (SSSR count). The summed E-state index contributed by atoms with van der Waals surface area (Å²) in [6.45, 7) is 6.57. The third kappa shape index (κ3) is 5.02. The van der Waals surface area contributed by atoms with Crippen LogP contribution in [0.3, 0.4) is 0 Å². The second-order valence-electron chi connectivity index (χ2n) is 7.29. The summed E-state index contributed by atoms with van der Waals surface area (Å²) in [5.41, 5.74) is 3.72. The number of aromatic nitrogens is 5. The summed E-state index contributed by atoms with van der Waals surface area (Å²) in [4.78, 5) is 17.7. The number of benzene rings is 1. The maximum absolute atomic E-state index is 5.62. The smallest absolute Gasteiger partial charge is 0.226 e. The third-order valence-corrected chi connectivity index (χ3v) is 4.83. The van der Waals surface area contributed by atoms with Crippen molar-refractivity contribution in [3.8, 4) is 11.5 Å². The van der Waals surface area contributed by atoms with Gasteiger partial charge in [-0.1, -0.05) is 17.7 Å². The molecule has 10 heteroatoms. The van der Waals surface area contributed by atoms with E-state index in [1.54, 1.807) is 17.1 Å². The second kappa shape index (κ2) is 9.90. The average molecular weight is 434 g/mol. The molecule has 0 saturated carbocycles. The maximum atomic E-state index is 5.62. The Kier molecular flexibility index (Phi) is 6.59. The molecule has 4 aromatic rings. The Bertz CT molecular complexity index is 1190. The molecular formula is C22H27N9O. The van der Waals surface area contributed by atoms with Crippen molar-refractivity contribution in [2.75, 3.05) is 25.0 Å². The van der Waals surface area contributed by atoms with Gasteiger partial charge in [-0.15, -0.1) is 0 Å². The fourth-order valence-corrected chi connectivity index (χ4v) is 3.17. The van der Waals surface area contributed by atoms with Gasteiger partial charge in [-0.2, -0.15) is 5.10 Å². The zero-order valence-electron chi connectivity index (χ0n) is 18.5. The lowest BCUT2D eigenvalue weighted by Crippen LogP contribution is -2.39. The van der Waals surface area contributed by atoms with E-state index in [0.29, 0.717) is 31.5 Å². The summed E-state index contributed by atoms with van der Waals surface area (Å²) in [5.74, 6) is 2.07. The van der Waals surface area contributed by atoms with Crippen LogP contribution in [-0.2, 0) is 13.6 Å².